The second-order valence-corrected chi connectivity index (χ2v) is 5.72. The predicted octanol–water partition coefficient (Wildman–Crippen LogP) is 4.70. The fourth-order valence-electron chi connectivity index (χ4n) is 3.22. The summed E-state index contributed by atoms with van der Waals surface area (Å²) in [6.45, 7) is 4.65. The van der Waals surface area contributed by atoms with Crippen molar-refractivity contribution in [2.75, 3.05) is 0 Å². The Morgan fingerprint density at radius 1 is 1.11 bits per heavy atom. The molecule has 1 N–H and O–H groups in total. The standard InChI is InChI=1S/C17H27N/c1-3-17(16-12-8-5-9-13-16)18-14(2)15-10-6-4-7-11-15/h5,8-9,12-15,17-18H,3-4,6-7,10-11H2,1-2H3/t14-,17?/m0/s1. The Labute approximate surface area is 112 Å². The molecule has 1 fully saturated rings. The van der Waals surface area contributed by atoms with Gasteiger partial charge in [0, 0.05) is 12.1 Å². The highest BCUT2D eigenvalue weighted by molar-refractivity contribution is 5.18. The average molecular weight is 245 g/mol. The molecular formula is C17H27N. The SMILES string of the molecule is CCC(N[C@@H](C)C1CCCCC1)c1ccccc1. The van der Waals surface area contributed by atoms with Crippen LogP contribution in [0.4, 0.5) is 0 Å². The third-order valence-corrected chi connectivity index (χ3v) is 4.43. The Bertz CT molecular complexity index is 327. The smallest absolute Gasteiger partial charge is 0.0320 e. The highest BCUT2D eigenvalue weighted by Gasteiger charge is 2.22. The van der Waals surface area contributed by atoms with Crippen LogP contribution in [-0.4, -0.2) is 6.04 Å². The maximum Gasteiger partial charge on any atom is 0.0320 e. The fourth-order valence-corrected chi connectivity index (χ4v) is 3.22. The van der Waals surface area contributed by atoms with Gasteiger partial charge in [-0.2, -0.15) is 0 Å². The van der Waals surface area contributed by atoms with Crippen LogP contribution in [0.3, 0.4) is 0 Å². The van der Waals surface area contributed by atoms with Crippen LogP contribution in [0.2, 0.25) is 0 Å². The van der Waals surface area contributed by atoms with Crippen molar-refractivity contribution in [2.45, 2.75) is 64.5 Å². The van der Waals surface area contributed by atoms with Gasteiger partial charge in [-0.1, -0.05) is 56.5 Å². The minimum atomic E-state index is 0.517. The Balaban J connectivity index is 1.93. The molecule has 1 aromatic carbocycles. The third-order valence-electron chi connectivity index (χ3n) is 4.43. The van der Waals surface area contributed by atoms with Crippen LogP contribution < -0.4 is 5.32 Å². The molecule has 0 aromatic heterocycles. The van der Waals surface area contributed by atoms with E-state index in [4.69, 9.17) is 0 Å². The molecule has 1 aliphatic rings. The predicted molar refractivity (Wildman–Crippen MR) is 78.6 cm³/mol. The van der Waals surface area contributed by atoms with Crippen LogP contribution in [0.1, 0.15) is 64.0 Å². The van der Waals surface area contributed by atoms with E-state index in [-0.39, 0.29) is 0 Å². The molecule has 1 nitrogen and oxygen atoms in total. The lowest BCUT2D eigenvalue weighted by atomic mass is 9.84. The Kier molecular flexibility index (Phi) is 5.25. The number of hydrogen-bond donors (Lipinski definition) is 1. The summed E-state index contributed by atoms with van der Waals surface area (Å²) < 4.78 is 0. The molecule has 0 spiro atoms. The molecule has 1 saturated carbocycles. The van der Waals surface area contributed by atoms with Gasteiger partial charge >= 0.3 is 0 Å². The first-order chi connectivity index (χ1) is 8.81. The fraction of sp³-hybridized carbons (Fsp3) is 0.647. The normalized spacial score (nSPS) is 20.6. The second-order valence-electron chi connectivity index (χ2n) is 5.72. The average Bonchev–Trinajstić information content (AvgIpc) is 2.46. The number of rotatable bonds is 5. The van der Waals surface area contributed by atoms with E-state index in [2.05, 4.69) is 49.5 Å². The van der Waals surface area contributed by atoms with E-state index in [1.165, 1.54) is 44.1 Å². The summed E-state index contributed by atoms with van der Waals surface area (Å²) in [7, 11) is 0. The highest BCUT2D eigenvalue weighted by Crippen LogP contribution is 2.28. The second kappa shape index (κ2) is 6.94. The monoisotopic (exact) mass is 245 g/mol. The van der Waals surface area contributed by atoms with E-state index in [0.29, 0.717) is 12.1 Å². The Morgan fingerprint density at radius 3 is 2.39 bits per heavy atom. The zero-order valence-electron chi connectivity index (χ0n) is 11.9. The summed E-state index contributed by atoms with van der Waals surface area (Å²) in [6.07, 6.45) is 8.30. The summed E-state index contributed by atoms with van der Waals surface area (Å²) in [4.78, 5) is 0. The van der Waals surface area contributed by atoms with Gasteiger partial charge in [0.15, 0.2) is 0 Å². The van der Waals surface area contributed by atoms with Crippen LogP contribution in [-0.2, 0) is 0 Å². The number of benzene rings is 1. The van der Waals surface area contributed by atoms with E-state index >= 15 is 0 Å². The third kappa shape index (κ3) is 3.58. The Hall–Kier alpha value is -0.820. The van der Waals surface area contributed by atoms with Crippen molar-refractivity contribution in [3.8, 4) is 0 Å². The van der Waals surface area contributed by atoms with Crippen LogP contribution in [0.25, 0.3) is 0 Å². The first kappa shape index (κ1) is 13.6. The summed E-state index contributed by atoms with van der Waals surface area (Å²) in [5.74, 6) is 0.886. The molecule has 0 radical (unpaired) electrons. The van der Waals surface area contributed by atoms with E-state index in [1.54, 1.807) is 0 Å². The molecule has 0 heterocycles. The van der Waals surface area contributed by atoms with Crippen LogP contribution in [0, 0.1) is 5.92 Å². The highest BCUT2D eigenvalue weighted by atomic mass is 14.9. The van der Waals surface area contributed by atoms with Crippen molar-refractivity contribution in [2.24, 2.45) is 5.92 Å². The van der Waals surface area contributed by atoms with Crippen molar-refractivity contribution in [1.82, 2.24) is 5.32 Å². The summed E-state index contributed by atoms with van der Waals surface area (Å²) >= 11 is 0. The molecule has 1 aliphatic carbocycles. The van der Waals surface area contributed by atoms with Crippen molar-refractivity contribution < 1.29 is 0 Å². The van der Waals surface area contributed by atoms with Crippen molar-refractivity contribution in [3.63, 3.8) is 0 Å². The molecule has 0 bridgehead atoms. The lowest BCUT2D eigenvalue weighted by Gasteiger charge is -2.31. The van der Waals surface area contributed by atoms with E-state index in [0.717, 1.165) is 5.92 Å². The van der Waals surface area contributed by atoms with Crippen molar-refractivity contribution >= 4 is 0 Å². The van der Waals surface area contributed by atoms with Gasteiger partial charge in [0.25, 0.3) is 0 Å². The largest absolute Gasteiger partial charge is 0.307 e. The van der Waals surface area contributed by atoms with Crippen LogP contribution >= 0.6 is 0 Å². The lowest BCUT2D eigenvalue weighted by Crippen LogP contribution is -2.37. The molecule has 0 amide bonds. The van der Waals surface area contributed by atoms with E-state index in [1.807, 2.05) is 0 Å². The van der Waals surface area contributed by atoms with E-state index < -0.39 is 0 Å². The van der Waals surface area contributed by atoms with Gasteiger partial charge in [-0.15, -0.1) is 0 Å². The topological polar surface area (TPSA) is 12.0 Å². The molecule has 100 valence electrons. The zero-order valence-corrected chi connectivity index (χ0v) is 11.9. The van der Waals surface area contributed by atoms with Gasteiger partial charge in [-0.25, -0.2) is 0 Å². The lowest BCUT2D eigenvalue weighted by molar-refractivity contribution is 0.262. The summed E-state index contributed by atoms with van der Waals surface area (Å²) in [6, 6.07) is 12.0. The number of hydrogen-bond acceptors (Lipinski definition) is 1. The maximum absolute atomic E-state index is 3.85. The summed E-state index contributed by atoms with van der Waals surface area (Å²) in [5, 5.41) is 3.85. The molecule has 1 aromatic rings. The van der Waals surface area contributed by atoms with Gasteiger partial charge in [-0.05, 0) is 37.7 Å². The summed E-state index contributed by atoms with van der Waals surface area (Å²) in [5.41, 5.74) is 1.43. The van der Waals surface area contributed by atoms with Crippen molar-refractivity contribution in [1.29, 1.82) is 0 Å². The molecule has 0 aliphatic heterocycles. The van der Waals surface area contributed by atoms with Gasteiger partial charge in [0.05, 0.1) is 0 Å². The minimum Gasteiger partial charge on any atom is -0.307 e. The minimum absolute atomic E-state index is 0.517. The Morgan fingerprint density at radius 2 is 1.78 bits per heavy atom. The molecule has 1 unspecified atom stereocenters. The first-order valence-electron chi connectivity index (χ1n) is 7.62. The van der Waals surface area contributed by atoms with Crippen molar-refractivity contribution in [3.05, 3.63) is 35.9 Å². The molecule has 2 atom stereocenters. The van der Waals surface area contributed by atoms with Gasteiger partial charge < -0.3 is 5.32 Å². The molecular weight excluding hydrogens is 218 g/mol. The van der Waals surface area contributed by atoms with Gasteiger partial charge in [0.2, 0.25) is 0 Å². The van der Waals surface area contributed by atoms with Crippen LogP contribution in [0.5, 0.6) is 0 Å². The molecule has 18 heavy (non-hydrogen) atoms. The maximum atomic E-state index is 3.85. The molecule has 1 heteroatoms. The number of nitrogens with one attached hydrogen (secondary N) is 1. The zero-order chi connectivity index (χ0) is 12.8. The first-order valence-corrected chi connectivity index (χ1v) is 7.62. The quantitative estimate of drug-likeness (QED) is 0.793. The van der Waals surface area contributed by atoms with E-state index in [9.17, 15) is 0 Å². The molecule has 0 saturated heterocycles. The van der Waals surface area contributed by atoms with Crippen LogP contribution in [0.15, 0.2) is 30.3 Å². The molecule has 2 rings (SSSR count). The van der Waals surface area contributed by atoms with Gasteiger partial charge in [0.1, 0.15) is 0 Å². The van der Waals surface area contributed by atoms with Gasteiger partial charge in [-0.3, -0.25) is 0 Å².